The summed E-state index contributed by atoms with van der Waals surface area (Å²) in [7, 11) is 0. The second kappa shape index (κ2) is 5.72. The highest BCUT2D eigenvalue weighted by Gasteiger charge is 2.02. The van der Waals surface area contributed by atoms with Crippen LogP contribution in [0.4, 0.5) is 0 Å². The van der Waals surface area contributed by atoms with E-state index >= 15 is 0 Å². The number of hydrogen-bond donors (Lipinski definition) is 0. The van der Waals surface area contributed by atoms with Gasteiger partial charge in [-0.2, -0.15) is 5.26 Å². The first kappa shape index (κ1) is 12.0. The zero-order valence-electron chi connectivity index (χ0n) is 8.93. The fourth-order valence-electron chi connectivity index (χ4n) is 1.34. The Hall–Kier alpha value is -1.50. The number of benzene rings is 1. The molecule has 1 aromatic heterocycles. The van der Waals surface area contributed by atoms with Crippen molar-refractivity contribution in [2.75, 3.05) is 0 Å². The minimum absolute atomic E-state index is 0.361. The SMILES string of the molecule is N#Cc1cc(Cl)nc(SCc2ccccc2)c1. The van der Waals surface area contributed by atoms with Gasteiger partial charge in [-0.25, -0.2) is 4.98 Å². The maximum absolute atomic E-state index is 8.83. The Morgan fingerprint density at radius 2 is 2.00 bits per heavy atom. The Balaban J connectivity index is 2.10. The van der Waals surface area contributed by atoms with E-state index < -0.39 is 0 Å². The number of rotatable bonds is 3. The second-order valence-electron chi connectivity index (χ2n) is 3.40. The van der Waals surface area contributed by atoms with Gasteiger partial charge in [0.2, 0.25) is 0 Å². The van der Waals surface area contributed by atoms with Gasteiger partial charge in [-0.1, -0.05) is 41.9 Å². The summed E-state index contributed by atoms with van der Waals surface area (Å²) in [6.45, 7) is 0. The summed E-state index contributed by atoms with van der Waals surface area (Å²) < 4.78 is 0. The molecular weight excluding hydrogens is 252 g/mol. The zero-order valence-corrected chi connectivity index (χ0v) is 10.5. The van der Waals surface area contributed by atoms with E-state index in [2.05, 4.69) is 23.2 Å². The van der Waals surface area contributed by atoms with E-state index in [1.54, 1.807) is 23.9 Å². The third kappa shape index (κ3) is 3.48. The number of aromatic nitrogens is 1. The van der Waals surface area contributed by atoms with E-state index in [0.29, 0.717) is 10.7 Å². The number of halogens is 1. The predicted octanol–water partition coefficient (Wildman–Crippen LogP) is 3.90. The van der Waals surface area contributed by atoms with Gasteiger partial charge in [-0.3, -0.25) is 0 Å². The fourth-order valence-corrected chi connectivity index (χ4v) is 2.48. The molecule has 0 aliphatic heterocycles. The van der Waals surface area contributed by atoms with Gasteiger partial charge in [0.05, 0.1) is 16.7 Å². The molecule has 0 unspecified atom stereocenters. The van der Waals surface area contributed by atoms with Gasteiger partial charge in [-0.05, 0) is 17.7 Å². The molecule has 0 atom stereocenters. The summed E-state index contributed by atoms with van der Waals surface area (Å²) in [4.78, 5) is 4.17. The Kier molecular flexibility index (Phi) is 4.03. The molecule has 0 saturated heterocycles. The molecule has 1 aromatic carbocycles. The highest BCUT2D eigenvalue weighted by Crippen LogP contribution is 2.23. The molecule has 17 heavy (non-hydrogen) atoms. The van der Waals surface area contributed by atoms with Gasteiger partial charge in [0.1, 0.15) is 5.15 Å². The van der Waals surface area contributed by atoms with Gasteiger partial charge in [0, 0.05) is 5.75 Å². The summed E-state index contributed by atoms with van der Waals surface area (Å²) in [5, 5.41) is 9.96. The van der Waals surface area contributed by atoms with Crippen molar-refractivity contribution in [3.63, 3.8) is 0 Å². The average molecular weight is 261 g/mol. The van der Waals surface area contributed by atoms with Crippen molar-refractivity contribution in [1.82, 2.24) is 4.98 Å². The van der Waals surface area contributed by atoms with E-state index in [9.17, 15) is 0 Å². The van der Waals surface area contributed by atoms with Crippen molar-refractivity contribution in [3.8, 4) is 6.07 Å². The molecule has 2 rings (SSSR count). The lowest BCUT2D eigenvalue weighted by Crippen LogP contribution is -1.86. The molecule has 0 bridgehead atoms. The van der Waals surface area contributed by atoms with Crippen molar-refractivity contribution in [2.24, 2.45) is 0 Å². The van der Waals surface area contributed by atoms with E-state index in [0.717, 1.165) is 10.8 Å². The van der Waals surface area contributed by atoms with Crippen molar-refractivity contribution in [1.29, 1.82) is 5.26 Å². The first-order valence-corrected chi connectivity index (χ1v) is 6.39. The highest BCUT2D eigenvalue weighted by molar-refractivity contribution is 7.98. The molecule has 0 aliphatic carbocycles. The van der Waals surface area contributed by atoms with Crippen LogP contribution in [-0.4, -0.2) is 4.98 Å². The lowest BCUT2D eigenvalue weighted by molar-refractivity contribution is 1.12. The van der Waals surface area contributed by atoms with Crippen LogP contribution in [0.15, 0.2) is 47.5 Å². The molecule has 0 fully saturated rings. The zero-order chi connectivity index (χ0) is 12.1. The molecule has 0 radical (unpaired) electrons. The highest BCUT2D eigenvalue weighted by atomic mass is 35.5. The summed E-state index contributed by atoms with van der Waals surface area (Å²) in [5.74, 6) is 0.819. The van der Waals surface area contributed by atoms with Crippen LogP contribution < -0.4 is 0 Å². The fraction of sp³-hybridized carbons (Fsp3) is 0.0769. The van der Waals surface area contributed by atoms with Gasteiger partial charge in [-0.15, -0.1) is 11.8 Å². The maximum Gasteiger partial charge on any atom is 0.131 e. The van der Waals surface area contributed by atoms with Crippen molar-refractivity contribution in [2.45, 2.75) is 10.8 Å². The van der Waals surface area contributed by atoms with Crippen LogP contribution >= 0.6 is 23.4 Å². The van der Waals surface area contributed by atoms with Gasteiger partial charge < -0.3 is 0 Å². The topological polar surface area (TPSA) is 36.7 Å². The summed E-state index contributed by atoms with van der Waals surface area (Å²) in [6, 6.07) is 15.5. The maximum atomic E-state index is 8.83. The number of nitriles is 1. The normalized spacial score (nSPS) is 9.88. The Morgan fingerprint density at radius 3 is 2.71 bits per heavy atom. The third-order valence-corrected chi connectivity index (χ3v) is 3.31. The molecule has 2 aromatic rings. The first-order valence-electron chi connectivity index (χ1n) is 5.02. The summed E-state index contributed by atoms with van der Waals surface area (Å²) in [5.41, 5.74) is 1.76. The number of thioether (sulfide) groups is 1. The number of hydrogen-bond acceptors (Lipinski definition) is 3. The van der Waals surface area contributed by atoms with Crippen LogP contribution in [0.2, 0.25) is 5.15 Å². The van der Waals surface area contributed by atoms with Gasteiger partial charge in [0.15, 0.2) is 0 Å². The molecule has 4 heteroatoms. The molecule has 0 spiro atoms. The van der Waals surface area contributed by atoms with Crippen LogP contribution in [0.5, 0.6) is 0 Å². The Morgan fingerprint density at radius 1 is 1.24 bits per heavy atom. The van der Waals surface area contributed by atoms with Crippen LogP contribution in [0.1, 0.15) is 11.1 Å². The minimum Gasteiger partial charge on any atom is -0.230 e. The number of nitrogens with zero attached hydrogens (tertiary/aromatic N) is 2. The van der Waals surface area contributed by atoms with E-state index in [1.807, 2.05) is 18.2 Å². The molecular formula is C13H9ClN2S. The molecule has 1 heterocycles. The summed E-state index contributed by atoms with van der Waals surface area (Å²) in [6.07, 6.45) is 0. The van der Waals surface area contributed by atoms with E-state index in [-0.39, 0.29) is 0 Å². The van der Waals surface area contributed by atoms with Crippen LogP contribution in [-0.2, 0) is 5.75 Å². The minimum atomic E-state index is 0.361. The van der Waals surface area contributed by atoms with Crippen LogP contribution in [0, 0.1) is 11.3 Å². The smallest absolute Gasteiger partial charge is 0.131 e. The average Bonchev–Trinajstić information content (AvgIpc) is 2.37. The van der Waals surface area contributed by atoms with Crippen molar-refractivity contribution in [3.05, 3.63) is 58.7 Å². The standard InChI is InChI=1S/C13H9ClN2S/c14-12-6-11(8-15)7-13(16-12)17-9-10-4-2-1-3-5-10/h1-7H,9H2. The monoisotopic (exact) mass is 260 g/mol. The quantitative estimate of drug-likeness (QED) is 0.620. The summed E-state index contributed by atoms with van der Waals surface area (Å²) >= 11 is 7.41. The molecule has 0 aliphatic rings. The number of pyridine rings is 1. The van der Waals surface area contributed by atoms with Crippen LogP contribution in [0.3, 0.4) is 0 Å². The molecule has 0 N–H and O–H groups in total. The molecule has 0 saturated carbocycles. The van der Waals surface area contributed by atoms with E-state index in [4.69, 9.17) is 16.9 Å². The largest absolute Gasteiger partial charge is 0.230 e. The van der Waals surface area contributed by atoms with Crippen molar-refractivity contribution < 1.29 is 0 Å². The van der Waals surface area contributed by atoms with Gasteiger partial charge in [0.25, 0.3) is 0 Å². The first-order chi connectivity index (χ1) is 8.28. The third-order valence-electron chi connectivity index (χ3n) is 2.13. The lowest BCUT2D eigenvalue weighted by atomic mass is 10.2. The molecule has 84 valence electrons. The van der Waals surface area contributed by atoms with Crippen LogP contribution in [0.25, 0.3) is 0 Å². The van der Waals surface area contributed by atoms with Gasteiger partial charge >= 0.3 is 0 Å². The Labute approximate surface area is 109 Å². The van der Waals surface area contributed by atoms with E-state index in [1.165, 1.54) is 5.56 Å². The molecule has 2 nitrogen and oxygen atoms in total. The van der Waals surface area contributed by atoms with Crippen molar-refractivity contribution >= 4 is 23.4 Å². The lowest BCUT2D eigenvalue weighted by Gasteiger charge is -2.02. The second-order valence-corrected chi connectivity index (χ2v) is 4.79. The Bertz CT molecular complexity index is 549. The molecule has 0 amide bonds. The predicted molar refractivity (Wildman–Crippen MR) is 70.0 cm³/mol.